The molecule has 1 N–H and O–H groups in total. The quantitative estimate of drug-likeness (QED) is 0.845. The highest BCUT2D eigenvalue weighted by Crippen LogP contribution is 2.30. The fourth-order valence-electron chi connectivity index (χ4n) is 2.23. The van der Waals surface area contributed by atoms with Gasteiger partial charge in [0.25, 0.3) is 0 Å². The predicted molar refractivity (Wildman–Crippen MR) is 69.2 cm³/mol. The van der Waals surface area contributed by atoms with Crippen LogP contribution in [-0.4, -0.2) is 22.2 Å². The van der Waals surface area contributed by atoms with Crippen LogP contribution in [-0.2, 0) is 16.6 Å². The van der Waals surface area contributed by atoms with Gasteiger partial charge in [-0.15, -0.1) is 0 Å². The van der Waals surface area contributed by atoms with Gasteiger partial charge in [-0.05, 0) is 19.9 Å². The van der Waals surface area contributed by atoms with Crippen molar-refractivity contribution in [1.29, 1.82) is 0 Å². The second kappa shape index (κ2) is 4.82. The lowest BCUT2D eigenvalue weighted by Gasteiger charge is -2.10. The molecule has 1 unspecified atom stereocenters. The molecule has 96 valence electrons. The molecule has 0 amide bonds. The van der Waals surface area contributed by atoms with Crippen LogP contribution in [0.2, 0.25) is 0 Å². The molecule has 0 aliphatic carbocycles. The Morgan fingerprint density at radius 2 is 2.11 bits per heavy atom. The smallest absolute Gasteiger partial charge is 0.339 e. The molecular weight excluding hydrogens is 230 g/mol. The van der Waals surface area contributed by atoms with Crippen molar-refractivity contribution in [2.75, 3.05) is 6.61 Å². The van der Waals surface area contributed by atoms with Crippen molar-refractivity contribution in [3.05, 3.63) is 35.5 Å². The monoisotopic (exact) mass is 247 g/mol. The molecule has 2 aromatic rings. The lowest BCUT2D eigenvalue weighted by Crippen LogP contribution is -2.16. The first-order chi connectivity index (χ1) is 8.57. The summed E-state index contributed by atoms with van der Waals surface area (Å²) < 4.78 is 6.84. The summed E-state index contributed by atoms with van der Waals surface area (Å²) in [6.07, 6.45) is -1.23. The third kappa shape index (κ3) is 1.88. The van der Waals surface area contributed by atoms with Crippen LogP contribution in [0, 0.1) is 6.92 Å². The number of aryl methyl sites for hydroxylation is 1. The molecule has 2 rings (SSSR count). The lowest BCUT2D eigenvalue weighted by atomic mass is 10.1. The van der Waals surface area contributed by atoms with Gasteiger partial charge < -0.3 is 14.4 Å². The Balaban J connectivity index is 2.57. The van der Waals surface area contributed by atoms with Crippen LogP contribution in [0.5, 0.6) is 0 Å². The molecular formula is C14H17NO3. The van der Waals surface area contributed by atoms with Gasteiger partial charge in [0.1, 0.15) is 0 Å². The van der Waals surface area contributed by atoms with Crippen molar-refractivity contribution < 1.29 is 14.6 Å². The number of nitrogens with zero attached hydrogens (tertiary/aromatic N) is 1. The summed E-state index contributed by atoms with van der Waals surface area (Å²) in [5.74, 6) is -0.600. The van der Waals surface area contributed by atoms with Crippen LogP contribution in [0.25, 0.3) is 10.9 Å². The molecule has 0 bridgehead atoms. The van der Waals surface area contributed by atoms with E-state index < -0.39 is 12.1 Å². The molecule has 0 radical (unpaired) electrons. The highest BCUT2D eigenvalue weighted by molar-refractivity contribution is 5.90. The van der Waals surface area contributed by atoms with Crippen LogP contribution in [0.4, 0.5) is 0 Å². The number of ether oxygens (including phenoxy) is 1. The number of esters is 1. The van der Waals surface area contributed by atoms with Crippen LogP contribution in [0.15, 0.2) is 24.3 Å². The van der Waals surface area contributed by atoms with E-state index in [1.54, 1.807) is 6.92 Å². The number of hydrogen-bond donors (Lipinski definition) is 1. The number of aromatic nitrogens is 1. The SMILES string of the molecule is CCOC(=O)C(O)c1c(C)n(C)c2ccccc12. The fraction of sp³-hybridized carbons (Fsp3) is 0.357. The van der Waals surface area contributed by atoms with E-state index in [1.807, 2.05) is 42.8 Å². The van der Waals surface area contributed by atoms with Crippen LogP contribution < -0.4 is 0 Å². The molecule has 0 saturated heterocycles. The van der Waals surface area contributed by atoms with Gasteiger partial charge in [0.15, 0.2) is 6.10 Å². The summed E-state index contributed by atoms with van der Waals surface area (Å²) in [5, 5.41) is 11.0. The Bertz CT molecular complexity index is 586. The second-order valence-corrected chi connectivity index (χ2v) is 4.23. The third-order valence-corrected chi connectivity index (χ3v) is 3.23. The Morgan fingerprint density at radius 1 is 1.44 bits per heavy atom. The number of carbonyl (C=O) groups is 1. The minimum Gasteiger partial charge on any atom is -0.464 e. The molecule has 0 spiro atoms. The maximum atomic E-state index is 11.7. The Kier molecular flexibility index (Phi) is 3.39. The number of rotatable bonds is 3. The first-order valence-corrected chi connectivity index (χ1v) is 5.96. The highest BCUT2D eigenvalue weighted by Gasteiger charge is 2.25. The second-order valence-electron chi connectivity index (χ2n) is 4.23. The lowest BCUT2D eigenvalue weighted by molar-refractivity contribution is -0.153. The van der Waals surface area contributed by atoms with Crippen molar-refractivity contribution in [2.45, 2.75) is 20.0 Å². The molecule has 1 aromatic heterocycles. The fourth-order valence-corrected chi connectivity index (χ4v) is 2.23. The Morgan fingerprint density at radius 3 is 2.78 bits per heavy atom. The zero-order valence-corrected chi connectivity index (χ0v) is 10.8. The number of benzene rings is 1. The average molecular weight is 247 g/mol. The summed E-state index contributed by atoms with van der Waals surface area (Å²) in [7, 11) is 1.92. The van der Waals surface area contributed by atoms with Crippen molar-refractivity contribution in [2.24, 2.45) is 7.05 Å². The molecule has 4 nitrogen and oxygen atoms in total. The summed E-state index contributed by atoms with van der Waals surface area (Å²) in [6.45, 7) is 3.87. The van der Waals surface area contributed by atoms with Crippen LogP contribution >= 0.6 is 0 Å². The van der Waals surface area contributed by atoms with E-state index in [2.05, 4.69) is 0 Å². The van der Waals surface area contributed by atoms with Gasteiger partial charge in [-0.25, -0.2) is 4.79 Å². The number of hydrogen-bond acceptors (Lipinski definition) is 3. The maximum Gasteiger partial charge on any atom is 0.339 e. The van der Waals surface area contributed by atoms with E-state index in [4.69, 9.17) is 4.74 Å². The van der Waals surface area contributed by atoms with Gasteiger partial charge >= 0.3 is 5.97 Å². The summed E-state index contributed by atoms with van der Waals surface area (Å²) in [4.78, 5) is 11.7. The largest absolute Gasteiger partial charge is 0.464 e. The van der Waals surface area contributed by atoms with Gasteiger partial charge in [-0.2, -0.15) is 0 Å². The standard InChI is InChI=1S/C14H17NO3/c1-4-18-14(17)13(16)12-9(2)15(3)11-8-6-5-7-10(11)12/h5-8,13,16H,4H2,1-3H3. The van der Waals surface area contributed by atoms with Gasteiger partial charge in [-0.3, -0.25) is 0 Å². The van der Waals surface area contributed by atoms with Crippen molar-refractivity contribution in [3.63, 3.8) is 0 Å². The van der Waals surface area contributed by atoms with Gasteiger partial charge in [0, 0.05) is 29.2 Å². The van der Waals surface area contributed by atoms with E-state index in [0.717, 1.165) is 16.6 Å². The summed E-state index contributed by atoms with van der Waals surface area (Å²) >= 11 is 0. The molecule has 0 aliphatic heterocycles. The van der Waals surface area contributed by atoms with E-state index in [-0.39, 0.29) is 6.61 Å². The number of fused-ring (bicyclic) bond motifs is 1. The van der Waals surface area contributed by atoms with E-state index in [0.29, 0.717) is 5.56 Å². The van der Waals surface area contributed by atoms with Crippen molar-refractivity contribution in [3.8, 4) is 0 Å². The summed E-state index contributed by atoms with van der Waals surface area (Å²) in [6, 6.07) is 7.69. The minimum absolute atomic E-state index is 0.264. The molecule has 18 heavy (non-hydrogen) atoms. The van der Waals surface area contributed by atoms with Crippen molar-refractivity contribution >= 4 is 16.9 Å². The maximum absolute atomic E-state index is 11.7. The summed E-state index contributed by atoms with van der Waals surface area (Å²) in [5.41, 5.74) is 2.50. The molecule has 4 heteroatoms. The molecule has 1 aromatic carbocycles. The molecule has 0 fully saturated rings. The molecule has 1 atom stereocenters. The van der Waals surface area contributed by atoms with Crippen molar-refractivity contribution in [1.82, 2.24) is 4.57 Å². The zero-order valence-electron chi connectivity index (χ0n) is 10.8. The van der Waals surface area contributed by atoms with E-state index >= 15 is 0 Å². The van der Waals surface area contributed by atoms with E-state index in [9.17, 15) is 9.90 Å². The molecule has 1 heterocycles. The first-order valence-electron chi connectivity index (χ1n) is 5.96. The number of para-hydroxylation sites is 1. The average Bonchev–Trinajstić information content (AvgIpc) is 2.62. The molecule has 0 saturated carbocycles. The number of aliphatic hydroxyl groups excluding tert-OH is 1. The van der Waals surface area contributed by atoms with Gasteiger partial charge in [0.2, 0.25) is 0 Å². The van der Waals surface area contributed by atoms with Crippen LogP contribution in [0.1, 0.15) is 24.3 Å². The molecule has 0 aliphatic rings. The van der Waals surface area contributed by atoms with E-state index in [1.165, 1.54) is 0 Å². The Hall–Kier alpha value is -1.81. The minimum atomic E-state index is -1.23. The zero-order chi connectivity index (χ0) is 13.3. The Labute approximate surface area is 106 Å². The third-order valence-electron chi connectivity index (χ3n) is 3.23. The number of carbonyl (C=O) groups excluding carboxylic acids is 1. The predicted octanol–water partition coefficient (Wildman–Crippen LogP) is 2.08. The highest BCUT2D eigenvalue weighted by atomic mass is 16.5. The van der Waals surface area contributed by atoms with Crippen LogP contribution in [0.3, 0.4) is 0 Å². The normalized spacial score (nSPS) is 12.7. The first kappa shape index (κ1) is 12.6. The number of aliphatic hydroxyl groups is 1. The van der Waals surface area contributed by atoms with Gasteiger partial charge in [0.05, 0.1) is 6.61 Å². The van der Waals surface area contributed by atoms with Gasteiger partial charge in [-0.1, -0.05) is 18.2 Å². The topological polar surface area (TPSA) is 51.5 Å².